The number of nitrogens with zero attached hydrogens (tertiary/aromatic N) is 1. The third kappa shape index (κ3) is 4.07. The van der Waals surface area contributed by atoms with Crippen LogP contribution in [0.1, 0.15) is 16.1 Å². The molecule has 0 aliphatic heterocycles. The first-order valence-electron chi connectivity index (χ1n) is 8.51. The lowest BCUT2D eigenvalue weighted by molar-refractivity contribution is -0.131. The maximum atomic E-state index is 11.7. The van der Waals surface area contributed by atoms with E-state index in [1.54, 1.807) is 24.3 Å². The summed E-state index contributed by atoms with van der Waals surface area (Å²) in [5.74, 6) is -1.37. The molecule has 29 heavy (non-hydrogen) atoms. The van der Waals surface area contributed by atoms with Gasteiger partial charge in [-0.15, -0.1) is 0 Å². The molecule has 0 atom stereocenters. The second-order valence-electron chi connectivity index (χ2n) is 6.06. The number of aliphatic carboxylic acids is 1. The van der Waals surface area contributed by atoms with Crippen molar-refractivity contribution in [2.24, 2.45) is 0 Å². The van der Waals surface area contributed by atoms with Crippen molar-refractivity contribution in [1.29, 1.82) is 0 Å². The van der Waals surface area contributed by atoms with Crippen LogP contribution in [-0.2, 0) is 4.79 Å². The number of benzene rings is 2. The molecule has 2 aromatic carbocycles. The van der Waals surface area contributed by atoms with E-state index in [4.69, 9.17) is 9.52 Å². The highest BCUT2D eigenvalue weighted by atomic mass is 32.2. The lowest BCUT2D eigenvalue weighted by Crippen LogP contribution is -1.97. The fraction of sp³-hybridized carbons (Fsp3) is 0. The van der Waals surface area contributed by atoms with E-state index in [2.05, 4.69) is 9.97 Å². The predicted molar refractivity (Wildman–Crippen MR) is 109 cm³/mol. The Labute approximate surface area is 168 Å². The fourth-order valence-electron chi connectivity index (χ4n) is 2.74. The number of H-pyrrole nitrogens is 1. The number of rotatable bonds is 6. The Kier molecular flexibility index (Phi) is 4.92. The Morgan fingerprint density at radius 1 is 1.03 bits per heavy atom. The molecular formula is C21H14N2O5S. The van der Waals surface area contributed by atoms with Crippen LogP contribution < -0.4 is 0 Å². The Hall–Kier alpha value is -3.78. The summed E-state index contributed by atoms with van der Waals surface area (Å²) in [6.45, 7) is 0. The molecule has 0 fully saturated rings. The first-order chi connectivity index (χ1) is 14.0. The molecule has 7 nitrogen and oxygen atoms in total. The summed E-state index contributed by atoms with van der Waals surface area (Å²) in [6.07, 6.45) is 1.41. The summed E-state index contributed by atoms with van der Waals surface area (Å²) >= 11 is 0.986. The van der Waals surface area contributed by atoms with Crippen molar-refractivity contribution < 1.29 is 24.2 Å². The van der Waals surface area contributed by atoms with Crippen LogP contribution in [-0.4, -0.2) is 32.1 Å². The minimum Gasteiger partial charge on any atom is -0.478 e. The van der Waals surface area contributed by atoms with Crippen molar-refractivity contribution in [3.8, 4) is 11.3 Å². The molecule has 2 aromatic heterocycles. The monoisotopic (exact) mass is 406 g/mol. The van der Waals surface area contributed by atoms with Gasteiger partial charge >= 0.3 is 11.9 Å². The highest BCUT2D eigenvalue weighted by Crippen LogP contribution is 2.30. The van der Waals surface area contributed by atoms with E-state index in [1.165, 1.54) is 18.2 Å². The van der Waals surface area contributed by atoms with Gasteiger partial charge < -0.3 is 19.6 Å². The van der Waals surface area contributed by atoms with Crippen LogP contribution in [0.15, 0.2) is 75.1 Å². The van der Waals surface area contributed by atoms with Crippen LogP contribution in [0.4, 0.5) is 0 Å². The molecule has 2 heterocycles. The van der Waals surface area contributed by atoms with E-state index < -0.39 is 11.9 Å². The maximum Gasteiger partial charge on any atom is 0.342 e. The molecule has 0 aliphatic carbocycles. The van der Waals surface area contributed by atoms with Crippen LogP contribution in [0.25, 0.3) is 28.4 Å². The zero-order valence-corrected chi connectivity index (χ0v) is 15.6. The van der Waals surface area contributed by atoms with Gasteiger partial charge in [0.15, 0.2) is 5.16 Å². The molecule has 4 rings (SSSR count). The zero-order valence-electron chi connectivity index (χ0n) is 14.8. The smallest absolute Gasteiger partial charge is 0.342 e. The summed E-state index contributed by atoms with van der Waals surface area (Å²) in [5, 5.41) is 19.1. The maximum absolute atomic E-state index is 11.7. The van der Waals surface area contributed by atoms with E-state index in [9.17, 15) is 14.7 Å². The molecule has 0 saturated carbocycles. The first-order valence-corrected chi connectivity index (χ1v) is 9.32. The molecule has 0 spiro atoms. The van der Waals surface area contributed by atoms with Gasteiger partial charge in [0.1, 0.15) is 16.4 Å². The summed E-state index contributed by atoms with van der Waals surface area (Å²) in [5.41, 5.74) is 2.30. The van der Waals surface area contributed by atoms with Crippen molar-refractivity contribution >= 4 is 40.8 Å². The fourth-order valence-corrected chi connectivity index (χ4v) is 3.51. The molecule has 0 saturated heterocycles. The average molecular weight is 406 g/mol. The highest BCUT2D eigenvalue weighted by molar-refractivity contribution is 8.04. The quantitative estimate of drug-likeness (QED) is 0.313. The second-order valence-corrected chi connectivity index (χ2v) is 7.09. The van der Waals surface area contributed by atoms with Crippen molar-refractivity contribution in [3.63, 3.8) is 0 Å². The zero-order chi connectivity index (χ0) is 20.4. The molecule has 0 radical (unpaired) electrons. The van der Waals surface area contributed by atoms with Gasteiger partial charge in [0.25, 0.3) is 0 Å². The standard InChI is InChI=1S/C21H14N2O5S/c24-19(25)13-5-3-4-12(10-13)17-9-8-14(28-17)11-18(20(26)27)29-21-22-15-6-1-2-7-16(15)23-21/h1-11H,(H,22,23)(H,24,25)(H,26,27)/b18-11-. The highest BCUT2D eigenvalue weighted by Gasteiger charge is 2.15. The number of aromatic carboxylic acids is 1. The number of carboxylic acids is 2. The first kappa shape index (κ1) is 18.6. The van der Waals surface area contributed by atoms with Gasteiger partial charge in [-0.2, -0.15) is 0 Å². The van der Waals surface area contributed by atoms with Crippen molar-refractivity contribution in [2.75, 3.05) is 0 Å². The van der Waals surface area contributed by atoms with Gasteiger partial charge in [-0.1, -0.05) is 24.3 Å². The average Bonchev–Trinajstić information content (AvgIpc) is 3.34. The number of aromatic nitrogens is 2. The molecule has 8 heteroatoms. The Morgan fingerprint density at radius 3 is 2.62 bits per heavy atom. The van der Waals surface area contributed by atoms with E-state index in [0.717, 1.165) is 22.8 Å². The van der Waals surface area contributed by atoms with Gasteiger partial charge in [-0.05, 0) is 48.2 Å². The number of para-hydroxylation sites is 2. The number of imidazole rings is 1. The van der Waals surface area contributed by atoms with Gasteiger partial charge in [-0.25, -0.2) is 14.6 Å². The van der Waals surface area contributed by atoms with Gasteiger partial charge in [0.2, 0.25) is 0 Å². The third-order valence-electron chi connectivity index (χ3n) is 4.08. The predicted octanol–water partition coefficient (Wildman–Crippen LogP) is 4.74. The number of fused-ring (bicyclic) bond motifs is 1. The molecule has 3 N–H and O–H groups in total. The number of hydrogen-bond acceptors (Lipinski definition) is 5. The molecule has 0 unspecified atom stereocenters. The number of carboxylic acid groups (broad SMARTS) is 2. The number of thioether (sulfide) groups is 1. The van der Waals surface area contributed by atoms with Crippen LogP contribution in [0.5, 0.6) is 0 Å². The Morgan fingerprint density at radius 2 is 1.86 bits per heavy atom. The number of aromatic amines is 1. The largest absolute Gasteiger partial charge is 0.478 e. The van der Waals surface area contributed by atoms with Crippen molar-refractivity contribution in [1.82, 2.24) is 9.97 Å². The lowest BCUT2D eigenvalue weighted by Gasteiger charge is -2.00. The summed E-state index contributed by atoms with van der Waals surface area (Å²) in [6, 6.07) is 17.0. The van der Waals surface area contributed by atoms with Gasteiger partial charge in [0.05, 0.1) is 16.6 Å². The topological polar surface area (TPSA) is 116 Å². The second kappa shape index (κ2) is 7.69. The number of hydrogen-bond donors (Lipinski definition) is 3. The van der Waals surface area contributed by atoms with Crippen molar-refractivity contribution in [2.45, 2.75) is 5.16 Å². The van der Waals surface area contributed by atoms with Crippen LogP contribution >= 0.6 is 11.8 Å². The minimum atomic E-state index is -1.11. The van der Waals surface area contributed by atoms with Crippen LogP contribution in [0.2, 0.25) is 0 Å². The lowest BCUT2D eigenvalue weighted by atomic mass is 10.1. The Balaban J connectivity index is 1.61. The normalized spacial score (nSPS) is 11.7. The van der Waals surface area contributed by atoms with E-state index >= 15 is 0 Å². The molecule has 0 aliphatic rings. The van der Waals surface area contributed by atoms with Crippen molar-refractivity contribution in [3.05, 3.63) is 76.9 Å². The minimum absolute atomic E-state index is 0.0317. The van der Waals surface area contributed by atoms with Crippen LogP contribution in [0.3, 0.4) is 0 Å². The number of nitrogens with one attached hydrogen (secondary N) is 1. The molecule has 144 valence electrons. The van der Waals surface area contributed by atoms with Gasteiger partial charge in [-0.3, -0.25) is 0 Å². The summed E-state index contributed by atoms with van der Waals surface area (Å²) in [4.78, 5) is 30.3. The molecule has 4 aromatic rings. The summed E-state index contributed by atoms with van der Waals surface area (Å²) in [7, 11) is 0. The van der Waals surface area contributed by atoms with E-state index in [0.29, 0.717) is 22.2 Å². The molecular weight excluding hydrogens is 392 g/mol. The van der Waals surface area contributed by atoms with Crippen LogP contribution in [0, 0.1) is 0 Å². The third-order valence-corrected chi connectivity index (χ3v) is 4.98. The number of furan rings is 1. The summed E-state index contributed by atoms with van der Waals surface area (Å²) < 4.78 is 5.71. The van der Waals surface area contributed by atoms with E-state index in [-0.39, 0.29) is 10.5 Å². The van der Waals surface area contributed by atoms with E-state index in [1.807, 2.05) is 24.3 Å². The Bertz CT molecular complexity index is 1220. The number of carbonyl (C=O) groups is 2. The molecule has 0 bridgehead atoms. The molecule has 0 amide bonds. The SMILES string of the molecule is O=C(O)/C(=C/c1ccc(-c2cccc(C(=O)O)c2)o1)Sc1nc2ccccc2[nH]1. The van der Waals surface area contributed by atoms with Gasteiger partial charge in [0, 0.05) is 11.6 Å².